The van der Waals surface area contributed by atoms with Gasteiger partial charge in [0.1, 0.15) is 12.6 Å². The zero-order valence-electron chi connectivity index (χ0n) is 15.2. The second-order valence-electron chi connectivity index (χ2n) is 5.84. The van der Waals surface area contributed by atoms with Crippen LogP contribution in [0.4, 0.5) is 0 Å². The monoisotopic (exact) mass is 348 g/mol. The summed E-state index contributed by atoms with van der Waals surface area (Å²) in [6.07, 6.45) is 7.42. The molecule has 0 spiro atoms. The molecule has 3 rings (SSSR count). The molecular weight excluding hydrogens is 326 g/mol. The molecule has 2 heterocycles. The highest BCUT2D eigenvalue weighted by atomic mass is 16.9. The van der Waals surface area contributed by atoms with Crippen LogP contribution in [0.25, 0.3) is 22.7 Å². The van der Waals surface area contributed by atoms with E-state index >= 15 is 0 Å². The first-order valence-electron chi connectivity index (χ1n) is 8.32. The molecule has 3 aromatic rings. The van der Waals surface area contributed by atoms with Crippen molar-refractivity contribution in [2.45, 2.75) is 6.92 Å². The normalized spacial score (nSPS) is 13.0. The lowest BCUT2D eigenvalue weighted by atomic mass is 10.2. The van der Waals surface area contributed by atoms with Gasteiger partial charge in [0.05, 0.1) is 12.3 Å². The van der Waals surface area contributed by atoms with Crippen molar-refractivity contribution in [3.63, 3.8) is 0 Å². The van der Waals surface area contributed by atoms with Crippen molar-refractivity contribution < 1.29 is 14.2 Å². The third kappa shape index (κ3) is 3.73. The summed E-state index contributed by atoms with van der Waals surface area (Å²) in [7, 11) is 3.68. The van der Waals surface area contributed by atoms with Gasteiger partial charge in [0.2, 0.25) is 0 Å². The zero-order chi connectivity index (χ0) is 18.5. The topological polar surface area (TPSA) is 38.5 Å². The molecule has 5 nitrogen and oxygen atoms in total. The van der Waals surface area contributed by atoms with E-state index in [9.17, 15) is 0 Å². The molecule has 0 aliphatic heterocycles. The highest BCUT2D eigenvalue weighted by molar-refractivity contribution is 5.84. The number of hydrogen-bond donors (Lipinski definition) is 0. The van der Waals surface area contributed by atoms with E-state index in [0.29, 0.717) is 11.5 Å². The minimum atomic E-state index is 0.633. The standard InChI is InChI=1S/C21H22N3O2/c1-5-9-18-12-8-15-23(3)21(18)16(2)25-24(4)26-19-13-6-10-17-11-7-14-22-20(17)19/h5-15H,1H2,2-4H3/q+1/b18-9-,21-16-. The lowest BCUT2D eigenvalue weighted by molar-refractivity contribution is -0.686. The van der Waals surface area contributed by atoms with Gasteiger partial charge in [-0.25, -0.2) is 0 Å². The summed E-state index contributed by atoms with van der Waals surface area (Å²) < 4.78 is 2.00. The molecule has 0 unspecified atom stereocenters. The molecule has 0 fully saturated rings. The summed E-state index contributed by atoms with van der Waals surface area (Å²) in [6, 6.07) is 13.7. The quantitative estimate of drug-likeness (QED) is 0.522. The molecule has 5 heteroatoms. The summed E-state index contributed by atoms with van der Waals surface area (Å²) >= 11 is 0. The Bertz CT molecular complexity index is 1060. The van der Waals surface area contributed by atoms with E-state index in [1.807, 2.05) is 73.3 Å². The van der Waals surface area contributed by atoms with Crippen LogP contribution >= 0.6 is 0 Å². The van der Waals surface area contributed by atoms with Crippen LogP contribution in [0.5, 0.6) is 5.75 Å². The Morgan fingerprint density at radius 1 is 1.19 bits per heavy atom. The van der Waals surface area contributed by atoms with E-state index in [1.165, 1.54) is 5.23 Å². The van der Waals surface area contributed by atoms with Crippen LogP contribution in [-0.2, 0) is 11.9 Å². The van der Waals surface area contributed by atoms with Crippen LogP contribution in [0.2, 0.25) is 0 Å². The van der Waals surface area contributed by atoms with Crippen molar-refractivity contribution in [3.05, 3.63) is 78.1 Å². The minimum Gasteiger partial charge on any atom is -0.369 e. The molecule has 0 radical (unpaired) electrons. The van der Waals surface area contributed by atoms with E-state index < -0.39 is 0 Å². The molecule has 132 valence electrons. The second kappa shape index (κ2) is 7.80. The first-order chi connectivity index (χ1) is 12.6. The molecule has 0 bridgehead atoms. The van der Waals surface area contributed by atoms with Crippen molar-refractivity contribution in [2.24, 2.45) is 7.05 Å². The van der Waals surface area contributed by atoms with Crippen molar-refractivity contribution in [1.82, 2.24) is 10.2 Å². The van der Waals surface area contributed by atoms with Gasteiger partial charge in [-0.15, -0.1) is 0 Å². The van der Waals surface area contributed by atoms with Gasteiger partial charge in [-0.3, -0.25) is 4.98 Å². The van der Waals surface area contributed by atoms with Crippen LogP contribution in [0.1, 0.15) is 6.92 Å². The number of benzene rings is 1. The SMILES string of the molecule is C=C/C=c1/ccc[n+](C)/c1=C(/C)ON(C)Oc1cccc2cccnc12. The Labute approximate surface area is 152 Å². The van der Waals surface area contributed by atoms with Gasteiger partial charge in [-0.1, -0.05) is 30.9 Å². The number of aryl methyl sites for hydroxylation is 1. The Hall–Kier alpha value is -3.18. The van der Waals surface area contributed by atoms with Gasteiger partial charge in [-0.2, -0.15) is 4.57 Å². The molecule has 26 heavy (non-hydrogen) atoms. The number of aromatic nitrogens is 2. The third-order valence-corrected chi connectivity index (χ3v) is 3.93. The van der Waals surface area contributed by atoms with Gasteiger partial charge in [0.25, 0.3) is 5.35 Å². The van der Waals surface area contributed by atoms with E-state index in [1.54, 1.807) is 19.3 Å². The van der Waals surface area contributed by atoms with Crippen LogP contribution < -0.4 is 20.0 Å². The van der Waals surface area contributed by atoms with Crippen LogP contribution in [0.15, 0.2) is 67.5 Å². The summed E-state index contributed by atoms with van der Waals surface area (Å²) in [6.45, 7) is 5.67. The summed E-state index contributed by atoms with van der Waals surface area (Å²) in [5.41, 5.74) is 0.786. The summed E-state index contributed by atoms with van der Waals surface area (Å²) in [5, 5.41) is 4.31. The molecular formula is C21H22N3O2+. The first-order valence-corrected chi connectivity index (χ1v) is 8.32. The van der Waals surface area contributed by atoms with E-state index in [4.69, 9.17) is 9.68 Å². The number of para-hydroxylation sites is 1. The molecule has 0 amide bonds. The highest BCUT2D eigenvalue weighted by Crippen LogP contribution is 2.23. The fraction of sp³-hybridized carbons (Fsp3) is 0.143. The van der Waals surface area contributed by atoms with E-state index in [-0.39, 0.29) is 0 Å². The third-order valence-electron chi connectivity index (χ3n) is 3.93. The summed E-state index contributed by atoms with van der Waals surface area (Å²) in [5.74, 6) is 1.34. The van der Waals surface area contributed by atoms with E-state index in [0.717, 1.165) is 21.5 Å². The molecule has 1 aromatic carbocycles. The van der Waals surface area contributed by atoms with Gasteiger partial charge in [0.15, 0.2) is 17.7 Å². The van der Waals surface area contributed by atoms with Crippen molar-refractivity contribution in [3.8, 4) is 5.75 Å². The van der Waals surface area contributed by atoms with E-state index in [2.05, 4.69) is 11.6 Å². The Balaban J connectivity index is 1.92. The molecule has 0 atom stereocenters. The summed E-state index contributed by atoms with van der Waals surface area (Å²) in [4.78, 5) is 16.1. The predicted molar refractivity (Wildman–Crippen MR) is 102 cm³/mol. The first kappa shape index (κ1) is 17.6. The van der Waals surface area contributed by atoms with Crippen molar-refractivity contribution in [2.75, 3.05) is 7.05 Å². The van der Waals surface area contributed by atoms with Crippen LogP contribution in [0.3, 0.4) is 0 Å². The second-order valence-corrected chi connectivity index (χ2v) is 5.84. The maximum absolute atomic E-state index is 5.88. The molecule has 0 saturated heterocycles. The Morgan fingerprint density at radius 3 is 2.81 bits per heavy atom. The Kier molecular flexibility index (Phi) is 5.29. The number of hydroxylamine groups is 2. The highest BCUT2D eigenvalue weighted by Gasteiger charge is 2.11. The number of nitrogens with zero attached hydrogens (tertiary/aromatic N) is 3. The van der Waals surface area contributed by atoms with Crippen molar-refractivity contribution in [1.29, 1.82) is 0 Å². The maximum Gasteiger partial charge on any atom is 0.252 e. The fourth-order valence-corrected chi connectivity index (χ4v) is 2.89. The van der Waals surface area contributed by atoms with Gasteiger partial charge < -0.3 is 9.68 Å². The molecule has 0 N–H and O–H groups in total. The number of pyridine rings is 2. The number of hydrogen-bond acceptors (Lipinski definition) is 4. The molecule has 0 saturated carbocycles. The van der Waals surface area contributed by atoms with Gasteiger partial charge in [0, 0.05) is 29.8 Å². The lowest BCUT2D eigenvalue weighted by Crippen LogP contribution is -2.55. The maximum atomic E-state index is 5.88. The minimum absolute atomic E-state index is 0.633. The Morgan fingerprint density at radius 2 is 2.00 bits per heavy atom. The zero-order valence-corrected chi connectivity index (χ0v) is 15.2. The van der Waals surface area contributed by atoms with Gasteiger partial charge in [-0.05, 0) is 24.3 Å². The van der Waals surface area contributed by atoms with Crippen LogP contribution in [0, 0.1) is 0 Å². The smallest absolute Gasteiger partial charge is 0.252 e. The number of rotatable bonds is 5. The lowest BCUT2D eigenvalue weighted by Gasteiger charge is -2.18. The number of allylic oxidation sites excluding steroid dienone is 1. The average molecular weight is 348 g/mol. The van der Waals surface area contributed by atoms with Crippen LogP contribution in [-0.4, -0.2) is 17.3 Å². The van der Waals surface area contributed by atoms with Gasteiger partial charge >= 0.3 is 0 Å². The molecule has 2 aromatic heterocycles. The molecule has 0 aliphatic rings. The fourth-order valence-electron chi connectivity index (χ4n) is 2.89. The largest absolute Gasteiger partial charge is 0.369 e. The van der Waals surface area contributed by atoms with Crippen molar-refractivity contribution >= 4 is 22.7 Å². The average Bonchev–Trinajstić information content (AvgIpc) is 2.62. The number of fused-ring (bicyclic) bond motifs is 1. The predicted octanol–water partition coefficient (Wildman–Crippen LogP) is 2.01. The molecule has 0 aliphatic carbocycles.